The molecule has 2 fully saturated rings. The van der Waals surface area contributed by atoms with E-state index in [0.29, 0.717) is 25.8 Å². The van der Waals surface area contributed by atoms with Crippen LogP contribution in [0.5, 0.6) is 0 Å². The van der Waals surface area contributed by atoms with Crippen LogP contribution in [0.4, 0.5) is 0 Å². The Kier molecular flexibility index (Phi) is 4.98. The van der Waals surface area contributed by atoms with Crippen molar-refractivity contribution in [3.05, 3.63) is 0 Å². The van der Waals surface area contributed by atoms with Crippen LogP contribution in [-0.4, -0.2) is 55.0 Å². The lowest BCUT2D eigenvalue weighted by atomic mass is 9.76. The van der Waals surface area contributed by atoms with Gasteiger partial charge in [-0.05, 0) is 38.6 Å². The van der Waals surface area contributed by atoms with E-state index in [2.05, 4.69) is 4.90 Å². The van der Waals surface area contributed by atoms with Gasteiger partial charge in [-0.3, -0.25) is 9.69 Å². The molecule has 3 atom stereocenters. The molecule has 2 rings (SSSR count). The van der Waals surface area contributed by atoms with Gasteiger partial charge in [0.25, 0.3) is 0 Å². The van der Waals surface area contributed by atoms with Crippen molar-refractivity contribution in [1.29, 1.82) is 0 Å². The largest absolute Gasteiger partial charge is 0.481 e. The first-order valence-corrected chi connectivity index (χ1v) is 9.92. The van der Waals surface area contributed by atoms with Crippen LogP contribution in [0, 0.1) is 5.41 Å². The van der Waals surface area contributed by atoms with Gasteiger partial charge in [-0.1, -0.05) is 19.8 Å². The number of carboxylic acids is 1. The van der Waals surface area contributed by atoms with Crippen molar-refractivity contribution >= 4 is 15.8 Å². The minimum absolute atomic E-state index is 0.0101. The van der Waals surface area contributed by atoms with Gasteiger partial charge in [0.15, 0.2) is 9.84 Å². The second-order valence-electron chi connectivity index (χ2n) is 6.78. The first-order chi connectivity index (χ1) is 9.80. The Hall–Kier alpha value is -0.620. The van der Waals surface area contributed by atoms with Crippen molar-refractivity contribution in [3.8, 4) is 0 Å². The molecule has 122 valence electrons. The van der Waals surface area contributed by atoms with Crippen LogP contribution in [0.1, 0.15) is 51.9 Å². The van der Waals surface area contributed by atoms with Gasteiger partial charge in [-0.15, -0.1) is 0 Å². The summed E-state index contributed by atoms with van der Waals surface area (Å²) >= 11 is 0. The highest BCUT2D eigenvalue weighted by molar-refractivity contribution is 7.91. The van der Waals surface area contributed by atoms with E-state index in [1.807, 2.05) is 6.92 Å². The third kappa shape index (κ3) is 3.42. The van der Waals surface area contributed by atoms with Crippen LogP contribution >= 0.6 is 0 Å². The average Bonchev–Trinajstić information content (AvgIpc) is 2.88. The highest BCUT2D eigenvalue weighted by Crippen LogP contribution is 2.39. The molecule has 0 aromatic carbocycles. The number of hydrogen-bond donors (Lipinski definition) is 1. The summed E-state index contributed by atoms with van der Waals surface area (Å²) in [6.45, 7) is 3.35. The fourth-order valence-corrected chi connectivity index (χ4v) is 5.71. The van der Waals surface area contributed by atoms with Crippen LogP contribution < -0.4 is 0 Å². The Morgan fingerprint density at radius 1 is 1.33 bits per heavy atom. The molecule has 0 bridgehead atoms. The molecule has 0 aromatic rings. The fraction of sp³-hybridized carbons (Fsp3) is 0.933. The maximum atomic E-state index is 12.0. The fourth-order valence-electron chi connectivity index (χ4n) is 4.24. The van der Waals surface area contributed by atoms with Gasteiger partial charge in [0, 0.05) is 18.8 Å². The van der Waals surface area contributed by atoms with Crippen LogP contribution in [0.2, 0.25) is 0 Å². The minimum Gasteiger partial charge on any atom is -0.481 e. The van der Waals surface area contributed by atoms with Crippen molar-refractivity contribution < 1.29 is 18.3 Å². The highest BCUT2D eigenvalue weighted by Gasteiger charge is 2.46. The molecular weight excluding hydrogens is 290 g/mol. The average molecular weight is 317 g/mol. The molecule has 0 radical (unpaired) electrons. The number of carboxylic acid groups (broad SMARTS) is 1. The molecule has 5 nitrogen and oxygen atoms in total. The Morgan fingerprint density at radius 3 is 2.62 bits per heavy atom. The summed E-state index contributed by atoms with van der Waals surface area (Å²) in [4.78, 5) is 13.9. The molecule has 2 aliphatic rings. The van der Waals surface area contributed by atoms with Crippen molar-refractivity contribution in [2.45, 2.75) is 63.2 Å². The summed E-state index contributed by atoms with van der Waals surface area (Å²) in [5.74, 6) is -0.719. The van der Waals surface area contributed by atoms with Crippen molar-refractivity contribution in [2.24, 2.45) is 5.41 Å². The highest BCUT2D eigenvalue weighted by atomic mass is 32.2. The monoisotopic (exact) mass is 317 g/mol. The van der Waals surface area contributed by atoms with Gasteiger partial charge in [-0.25, -0.2) is 8.42 Å². The summed E-state index contributed by atoms with van der Waals surface area (Å²) in [7, 11) is -3.06. The number of piperidine rings is 1. The first kappa shape index (κ1) is 16.7. The van der Waals surface area contributed by atoms with Crippen LogP contribution in [-0.2, 0) is 14.6 Å². The second-order valence-corrected chi connectivity index (χ2v) is 9.04. The van der Waals surface area contributed by atoms with Gasteiger partial charge in [0.2, 0.25) is 0 Å². The molecule has 1 heterocycles. The predicted molar refractivity (Wildman–Crippen MR) is 82.1 cm³/mol. The van der Waals surface area contributed by atoms with Crippen LogP contribution in [0.25, 0.3) is 0 Å². The van der Waals surface area contributed by atoms with Gasteiger partial charge in [-0.2, -0.15) is 0 Å². The number of rotatable bonds is 5. The van der Waals surface area contributed by atoms with Gasteiger partial charge in [0.05, 0.1) is 10.7 Å². The maximum Gasteiger partial charge on any atom is 0.310 e. The lowest BCUT2D eigenvalue weighted by Crippen LogP contribution is -2.54. The van der Waals surface area contributed by atoms with E-state index in [1.54, 1.807) is 0 Å². The maximum absolute atomic E-state index is 12.0. The number of carbonyl (C=O) groups is 1. The summed E-state index contributed by atoms with van der Waals surface area (Å²) in [5.41, 5.74) is -0.683. The van der Waals surface area contributed by atoms with Gasteiger partial charge >= 0.3 is 5.97 Å². The zero-order valence-electron chi connectivity index (χ0n) is 13.0. The molecule has 0 spiro atoms. The number of aliphatic carboxylic acids is 1. The Bertz CT molecular complexity index is 486. The van der Waals surface area contributed by atoms with Gasteiger partial charge in [0.1, 0.15) is 0 Å². The molecule has 1 aliphatic carbocycles. The zero-order valence-corrected chi connectivity index (χ0v) is 13.9. The summed E-state index contributed by atoms with van der Waals surface area (Å²) in [6, 6.07) is 0.0101. The molecule has 3 unspecified atom stereocenters. The summed E-state index contributed by atoms with van der Waals surface area (Å²) < 4.78 is 23.9. The Balaban J connectivity index is 2.18. The molecule has 1 saturated heterocycles. The third-order valence-corrected chi connectivity index (χ3v) is 6.88. The SMILES string of the molecule is CCCC1(C(=O)O)CCCN(C2CCCC2S(C)(=O)=O)C1. The second kappa shape index (κ2) is 6.24. The molecular formula is C15H27NO4S. The Morgan fingerprint density at radius 2 is 2.05 bits per heavy atom. The zero-order chi connectivity index (χ0) is 15.7. The van der Waals surface area contributed by atoms with E-state index in [0.717, 1.165) is 32.2 Å². The minimum atomic E-state index is -3.06. The smallest absolute Gasteiger partial charge is 0.310 e. The molecule has 6 heteroatoms. The quantitative estimate of drug-likeness (QED) is 0.838. The van der Waals surface area contributed by atoms with Crippen molar-refractivity contribution in [1.82, 2.24) is 4.90 Å². The topological polar surface area (TPSA) is 74.7 Å². The van der Waals surface area contributed by atoms with E-state index < -0.39 is 21.2 Å². The van der Waals surface area contributed by atoms with E-state index in [1.165, 1.54) is 6.26 Å². The molecule has 1 N–H and O–H groups in total. The normalized spacial score (nSPS) is 35.0. The number of sulfone groups is 1. The van der Waals surface area contributed by atoms with Crippen molar-refractivity contribution in [3.63, 3.8) is 0 Å². The molecule has 0 aromatic heterocycles. The van der Waals surface area contributed by atoms with E-state index in [4.69, 9.17) is 0 Å². The number of nitrogens with zero attached hydrogens (tertiary/aromatic N) is 1. The molecule has 0 amide bonds. The van der Waals surface area contributed by atoms with E-state index in [-0.39, 0.29) is 11.3 Å². The van der Waals surface area contributed by atoms with Crippen LogP contribution in [0.3, 0.4) is 0 Å². The van der Waals surface area contributed by atoms with Crippen LogP contribution in [0.15, 0.2) is 0 Å². The predicted octanol–water partition coefficient (Wildman–Crippen LogP) is 1.92. The van der Waals surface area contributed by atoms with Crippen molar-refractivity contribution in [2.75, 3.05) is 19.3 Å². The Labute approximate surface area is 127 Å². The standard InChI is InChI=1S/C15H27NO4S/c1-3-8-15(14(17)18)9-5-10-16(11-15)12-6-4-7-13(12)21(2,19)20/h12-13H,3-11H2,1-2H3,(H,17,18). The summed E-state index contributed by atoms with van der Waals surface area (Å²) in [6.07, 6.45) is 6.91. The van der Waals surface area contributed by atoms with E-state index >= 15 is 0 Å². The molecule has 1 saturated carbocycles. The number of hydrogen-bond acceptors (Lipinski definition) is 4. The summed E-state index contributed by atoms with van der Waals surface area (Å²) in [5, 5.41) is 9.35. The lowest BCUT2D eigenvalue weighted by Gasteiger charge is -2.43. The molecule has 1 aliphatic heterocycles. The number of likely N-dealkylation sites (tertiary alicyclic amines) is 1. The van der Waals surface area contributed by atoms with E-state index in [9.17, 15) is 18.3 Å². The molecule has 21 heavy (non-hydrogen) atoms. The first-order valence-electron chi connectivity index (χ1n) is 7.96. The van der Waals surface area contributed by atoms with Gasteiger partial charge < -0.3 is 5.11 Å². The third-order valence-electron chi connectivity index (χ3n) is 5.23. The lowest BCUT2D eigenvalue weighted by molar-refractivity contribution is -0.153.